The standard InChI is InChI=1S/C14H14Cl2N2O2S/c1-18(21(2,19)20)14(10-4-3-7-17-9-10)12-6-5-11(15)8-13(12)16/h3-9,14H,1-2H3/t14-/m0/s1. The number of pyridine rings is 1. The molecule has 0 aliphatic rings. The Bertz CT molecular complexity index is 736. The van der Waals surface area contributed by atoms with Gasteiger partial charge in [-0.15, -0.1) is 0 Å². The van der Waals surface area contributed by atoms with Crippen molar-refractivity contribution in [1.29, 1.82) is 0 Å². The van der Waals surface area contributed by atoms with Crippen LogP contribution in [-0.2, 0) is 10.0 Å². The number of benzene rings is 1. The van der Waals surface area contributed by atoms with E-state index in [1.54, 1.807) is 36.7 Å². The molecule has 2 rings (SSSR count). The van der Waals surface area contributed by atoms with Crippen molar-refractivity contribution in [3.8, 4) is 0 Å². The van der Waals surface area contributed by atoms with E-state index in [1.165, 1.54) is 11.4 Å². The summed E-state index contributed by atoms with van der Waals surface area (Å²) in [4.78, 5) is 4.05. The summed E-state index contributed by atoms with van der Waals surface area (Å²) in [6.45, 7) is 0. The van der Waals surface area contributed by atoms with E-state index in [2.05, 4.69) is 4.98 Å². The fourth-order valence-electron chi connectivity index (χ4n) is 2.04. The molecule has 4 nitrogen and oxygen atoms in total. The molecule has 2 aromatic rings. The van der Waals surface area contributed by atoms with Crippen LogP contribution in [0.3, 0.4) is 0 Å². The van der Waals surface area contributed by atoms with Crippen LogP contribution in [0.5, 0.6) is 0 Å². The average Bonchev–Trinajstić information content (AvgIpc) is 2.41. The van der Waals surface area contributed by atoms with Gasteiger partial charge in [-0.05, 0) is 29.3 Å². The van der Waals surface area contributed by atoms with Crippen LogP contribution in [0.4, 0.5) is 0 Å². The molecule has 0 amide bonds. The van der Waals surface area contributed by atoms with Gasteiger partial charge in [-0.2, -0.15) is 4.31 Å². The van der Waals surface area contributed by atoms with Gasteiger partial charge in [-0.25, -0.2) is 8.42 Å². The molecule has 0 saturated carbocycles. The van der Waals surface area contributed by atoms with Crippen LogP contribution in [-0.4, -0.2) is 31.0 Å². The third kappa shape index (κ3) is 3.74. The number of aromatic nitrogens is 1. The lowest BCUT2D eigenvalue weighted by Crippen LogP contribution is -2.31. The van der Waals surface area contributed by atoms with Crippen LogP contribution in [0.25, 0.3) is 0 Å². The normalized spacial score (nSPS) is 13.4. The maximum Gasteiger partial charge on any atom is 0.211 e. The smallest absolute Gasteiger partial charge is 0.211 e. The summed E-state index contributed by atoms with van der Waals surface area (Å²) in [5.74, 6) is 0. The number of sulfonamides is 1. The fraction of sp³-hybridized carbons (Fsp3) is 0.214. The van der Waals surface area contributed by atoms with Crippen LogP contribution < -0.4 is 0 Å². The Hall–Kier alpha value is -1.14. The molecule has 1 heterocycles. The molecule has 0 unspecified atom stereocenters. The summed E-state index contributed by atoms with van der Waals surface area (Å²) in [6, 6.07) is 8.01. The highest BCUT2D eigenvalue weighted by molar-refractivity contribution is 7.88. The van der Waals surface area contributed by atoms with Crippen molar-refractivity contribution in [1.82, 2.24) is 9.29 Å². The number of rotatable bonds is 4. The fourth-order valence-corrected chi connectivity index (χ4v) is 3.17. The highest BCUT2D eigenvalue weighted by Gasteiger charge is 2.27. The van der Waals surface area contributed by atoms with Gasteiger partial charge in [0.2, 0.25) is 10.0 Å². The molecule has 1 atom stereocenters. The van der Waals surface area contributed by atoms with Gasteiger partial charge in [-0.1, -0.05) is 35.3 Å². The molecule has 0 aliphatic carbocycles. The molecule has 0 bridgehead atoms. The van der Waals surface area contributed by atoms with Crippen LogP contribution in [0.1, 0.15) is 17.2 Å². The highest BCUT2D eigenvalue weighted by Crippen LogP contribution is 2.34. The summed E-state index contributed by atoms with van der Waals surface area (Å²) in [5, 5.41) is 0.905. The molecule has 0 fully saturated rings. The molecule has 0 aliphatic heterocycles. The summed E-state index contributed by atoms with van der Waals surface area (Å²) < 4.78 is 25.1. The van der Waals surface area contributed by atoms with Crippen molar-refractivity contribution < 1.29 is 8.42 Å². The predicted molar refractivity (Wildman–Crippen MR) is 85.1 cm³/mol. The number of hydrogen-bond donors (Lipinski definition) is 0. The van der Waals surface area contributed by atoms with Gasteiger partial charge in [0.05, 0.1) is 12.3 Å². The Labute approximate surface area is 134 Å². The first-order valence-electron chi connectivity index (χ1n) is 6.08. The van der Waals surface area contributed by atoms with Crippen LogP contribution in [0, 0.1) is 0 Å². The van der Waals surface area contributed by atoms with Crippen molar-refractivity contribution in [2.24, 2.45) is 0 Å². The highest BCUT2D eigenvalue weighted by atomic mass is 35.5. The molecule has 0 radical (unpaired) electrons. The Balaban J connectivity index is 2.61. The van der Waals surface area contributed by atoms with Crippen molar-refractivity contribution in [2.75, 3.05) is 13.3 Å². The van der Waals surface area contributed by atoms with Gasteiger partial charge in [0.15, 0.2) is 0 Å². The topological polar surface area (TPSA) is 50.3 Å². The Morgan fingerprint density at radius 1 is 1.24 bits per heavy atom. The maximum absolute atomic E-state index is 11.9. The molecular formula is C14H14Cl2N2O2S. The number of nitrogens with zero attached hydrogens (tertiary/aromatic N) is 2. The van der Waals surface area contributed by atoms with Crippen molar-refractivity contribution in [3.63, 3.8) is 0 Å². The second-order valence-electron chi connectivity index (χ2n) is 4.63. The van der Waals surface area contributed by atoms with E-state index in [0.717, 1.165) is 11.8 Å². The maximum atomic E-state index is 11.9. The van der Waals surface area contributed by atoms with Gasteiger partial charge in [0.25, 0.3) is 0 Å². The molecule has 1 aromatic carbocycles. The second-order valence-corrected chi connectivity index (χ2v) is 7.52. The number of hydrogen-bond acceptors (Lipinski definition) is 3. The monoisotopic (exact) mass is 344 g/mol. The van der Waals surface area contributed by atoms with Gasteiger partial charge >= 0.3 is 0 Å². The molecule has 0 saturated heterocycles. The first-order valence-corrected chi connectivity index (χ1v) is 8.69. The number of halogens is 2. The predicted octanol–water partition coefficient (Wildman–Crippen LogP) is 3.37. The summed E-state index contributed by atoms with van der Waals surface area (Å²) in [7, 11) is -1.90. The third-order valence-corrected chi connectivity index (χ3v) is 4.96. The molecule has 21 heavy (non-hydrogen) atoms. The van der Waals surface area contributed by atoms with E-state index in [-0.39, 0.29) is 0 Å². The van der Waals surface area contributed by atoms with Gasteiger partial charge in [0.1, 0.15) is 0 Å². The minimum Gasteiger partial charge on any atom is -0.264 e. The lowest BCUT2D eigenvalue weighted by atomic mass is 10.0. The van der Waals surface area contributed by atoms with Crippen molar-refractivity contribution >= 4 is 33.2 Å². The first-order chi connectivity index (χ1) is 9.80. The average molecular weight is 345 g/mol. The largest absolute Gasteiger partial charge is 0.264 e. The zero-order chi connectivity index (χ0) is 15.6. The van der Waals surface area contributed by atoms with Gasteiger partial charge in [-0.3, -0.25) is 4.98 Å². The van der Waals surface area contributed by atoms with E-state index >= 15 is 0 Å². The van der Waals surface area contributed by atoms with Crippen LogP contribution >= 0.6 is 23.2 Å². The quantitative estimate of drug-likeness (QED) is 0.854. The summed E-state index contributed by atoms with van der Waals surface area (Å²) >= 11 is 12.2. The molecule has 7 heteroatoms. The molecule has 112 valence electrons. The van der Waals surface area contributed by atoms with E-state index in [0.29, 0.717) is 15.6 Å². The van der Waals surface area contributed by atoms with Crippen LogP contribution in [0.15, 0.2) is 42.7 Å². The van der Waals surface area contributed by atoms with E-state index in [9.17, 15) is 8.42 Å². The zero-order valence-corrected chi connectivity index (χ0v) is 13.8. The van der Waals surface area contributed by atoms with E-state index in [4.69, 9.17) is 23.2 Å². The summed E-state index contributed by atoms with van der Waals surface area (Å²) in [6.07, 6.45) is 4.40. The Morgan fingerprint density at radius 2 is 1.95 bits per heavy atom. The van der Waals surface area contributed by atoms with Crippen molar-refractivity contribution in [2.45, 2.75) is 6.04 Å². The SMILES string of the molecule is CN([C@@H](c1cccnc1)c1ccc(Cl)cc1Cl)S(C)(=O)=O. The molecular weight excluding hydrogens is 331 g/mol. The minimum absolute atomic E-state index is 0.409. The lowest BCUT2D eigenvalue weighted by molar-refractivity contribution is 0.421. The third-order valence-electron chi connectivity index (χ3n) is 3.14. The molecule has 0 N–H and O–H groups in total. The lowest BCUT2D eigenvalue weighted by Gasteiger charge is -2.27. The van der Waals surface area contributed by atoms with E-state index in [1.807, 2.05) is 6.07 Å². The summed E-state index contributed by atoms with van der Waals surface area (Å²) in [5.41, 5.74) is 1.39. The van der Waals surface area contributed by atoms with Gasteiger partial charge < -0.3 is 0 Å². The molecule has 1 aromatic heterocycles. The zero-order valence-electron chi connectivity index (χ0n) is 11.5. The second kappa shape index (κ2) is 6.32. The van der Waals surface area contributed by atoms with Crippen molar-refractivity contribution in [3.05, 3.63) is 63.9 Å². The van der Waals surface area contributed by atoms with E-state index < -0.39 is 16.1 Å². The van der Waals surface area contributed by atoms with Gasteiger partial charge in [0, 0.05) is 29.5 Å². The van der Waals surface area contributed by atoms with Crippen LogP contribution in [0.2, 0.25) is 10.0 Å². The Kier molecular flexibility index (Phi) is 4.88. The first kappa shape index (κ1) is 16.2. The minimum atomic E-state index is -3.41. The Morgan fingerprint density at radius 3 is 2.48 bits per heavy atom. The molecule has 0 spiro atoms.